The monoisotopic (exact) mass is 409 g/mol. The fourth-order valence-corrected chi connectivity index (χ4v) is 3.55. The lowest BCUT2D eigenvalue weighted by atomic mass is 10.1. The van der Waals surface area contributed by atoms with Crippen molar-refractivity contribution >= 4 is 22.8 Å². The number of nitrogens with zero attached hydrogens (tertiary/aromatic N) is 1. The van der Waals surface area contributed by atoms with Gasteiger partial charge in [0.2, 0.25) is 11.9 Å². The Morgan fingerprint density at radius 1 is 1.03 bits per heavy atom. The first-order valence-electron chi connectivity index (χ1n) is 9.81. The Balaban J connectivity index is 1.66. The number of amides is 1. The van der Waals surface area contributed by atoms with Gasteiger partial charge in [-0.25, -0.2) is 4.79 Å². The average Bonchev–Trinajstić information content (AvgIpc) is 3.17. The maximum Gasteiger partial charge on any atom is 0.375 e. The van der Waals surface area contributed by atoms with E-state index in [2.05, 4.69) is 0 Å². The largest absolute Gasteiger partial charge is 0.449 e. The number of fused-ring (bicyclic) bond motifs is 1. The van der Waals surface area contributed by atoms with Gasteiger partial charge in [-0.3, -0.25) is 4.79 Å². The Bertz CT molecular complexity index is 1020. The van der Waals surface area contributed by atoms with Gasteiger partial charge in [0.15, 0.2) is 0 Å². The second-order valence-corrected chi connectivity index (χ2v) is 6.97. The van der Waals surface area contributed by atoms with E-state index in [1.165, 1.54) is 0 Å². The van der Waals surface area contributed by atoms with Gasteiger partial charge in [0, 0.05) is 36.7 Å². The summed E-state index contributed by atoms with van der Waals surface area (Å²) >= 11 is 0. The van der Waals surface area contributed by atoms with E-state index in [9.17, 15) is 9.59 Å². The summed E-state index contributed by atoms with van der Waals surface area (Å²) in [5.74, 6) is -0.926. The number of ether oxygens (including phenoxy) is 3. The van der Waals surface area contributed by atoms with E-state index in [1.54, 1.807) is 42.3 Å². The quantitative estimate of drug-likeness (QED) is 0.581. The summed E-state index contributed by atoms with van der Waals surface area (Å²) in [6.07, 6.45) is -1.07. The number of hydrogen-bond acceptors (Lipinski definition) is 6. The van der Waals surface area contributed by atoms with Crippen molar-refractivity contribution in [3.05, 3.63) is 71.5 Å². The van der Waals surface area contributed by atoms with Crippen LogP contribution in [0.25, 0.3) is 11.0 Å². The average molecular weight is 409 g/mol. The zero-order valence-corrected chi connectivity index (χ0v) is 16.7. The second kappa shape index (κ2) is 9.11. The van der Waals surface area contributed by atoms with Gasteiger partial charge in [0.1, 0.15) is 5.58 Å². The van der Waals surface area contributed by atoms with Gasteiger partial charge in [-0.15, -0.1) is 0 Å². The van der Waals surface area contributed by atoms with Crippen LogP contribution >= 0.6 is 0 Å². The second-order valence-electron chi connectivity index (χ2n) is 6.97. The molecule has 7 nitrogen and oxygen atoms in total. The summed E-state index contributed by atoms with van der Waals surface area (Å²) in [5, 5.41) is 0.780. The third-order valence-electron chi connectivity index (χ3n) is 5.05. The minimum atomic E-state index is -1.07. The lowest BCUT2D eigenvalue weighted by Crippen LogP contribution is -2.44. The van der Waals surface area contributed by atoms with Crippen LogP contribution in [-0.4, -0.2) is 50.2 Å². The highest BCUT2D eigenvalue weighted by atomic mass is 16.6. The molecule has 1 aromatic heterocycles. The molecule has 1 fully saturated rings. The summed E-state index contributed by atoms with van der Waals surface area (Å²) in [5.41, 5.74) is 1.77. The summed E-state index contributed by atoms with van der Waals surface area (Å²) in [6, 6.07) is 16.3. The van der Waals surface area contributed by atoms with Crippen LogP contribution in [0.15, 0.2) is 59.0 Å². The molecule has 30 heavy (non-hydrogen) atoms. The van der Waals surface area contributed by atoms with Crippen molar-refractivity contribution in [2.24, 2.45) is 0 Å². The van der Waals surface area contributed by atoms with Crippen molar-refractivity contribution in [1.82, 2.24) is 4.90 Å². The fourth-order valence-electron chi connectivity index (χ4n) is 3.55. The SMILES string of the molecule is COCc1c(C(=O)O[C@H](C(=O)N2CCOCC2)c2ccccc2)oc2ccccc12. The van der Waals surface area contributed by atoms with Crippen molar-refractivity contribution in [3.8, 4) is 0 Å². The van der Waals surface area contributed by atoms with E-state index in [1.807, 2.05) is 24.3 Å². The molecule has 7 heteroatoms. The van der Waals surface area contributed by atoms with E-state index in [4.69, 9.17) is 18.6 Å². The Hall–Kier alpha value is -3.16. The van der Waals surface area contributed by atoms with Crippen LogP contribution in [0.1, 0.15) is 27.8 Å². The number of carbonyl (C=O) groups is 2. The van der Waals surface area contributed by atoms with E-state index < -0.39 is 12.1 Å². The third-order valence-corrected chi connectivity index (χ3v) is 5.05. The van der Waals surface area contributed by atoms with E-state index in [0.29, 0.717) is 43.0 Å². The molecule has 0 spiro atoms. The van der Waals surface area contributed by atoms with Crippen LogP contribution in [0.2, 0.25) is 0 Å². The molecule has 4 rings (SSSR count). The van der Waals surface area contributed by atoms with Gasteiger partial charge in [0.05, 0.1) is 19.8 Å². The van der Waals surface area contributed by atoms with Crippen LogP contribution in [-0.2, 0) is 25.6 Å². The predicted molar refractivity (Wildman–Crippen MR) is 109 cm³/mol. The van der Waals surface area contributed by atoms with Gasteiger partial charge < -0.3 is 23.5 Å². The smallest absolute Gasteiger partial charge is 0.375 e. The molecule has 2 aromatic carbocycles. The normalized spacial score (nSPS) is 15.2. The first-order valence-corrected chi connectivity index (χ1v) is 9.81. The lowest BCUT2D eigenvalue weighted by Gasteiger charge is -2.30. The molecule has 0 saturated carbocycles. The maximum absolute atomic E-state index is 13.2. The van der Waals surface area contributed by atoms with Crippen LogP contribution < -0.4 is 0 Å². The van der Waals surface area contributed by atoms with Crippen molar-refractivity contribution in [2.75, 3.05) is 33.4 Å². The summed E-state index contributed by atoms with van der Waals surface area (Å²) < 4.78 is 22.1. The molecule has 1 atom stereocenters. The Morgan fingerprint density at radius 3 is 2.47 bits per heavy atom. The number of para-hydroxylation sites is 1. The molecule has 0 radical (unpaired) electrons. The standard InChI is InChI=1S/C23H23NO6/c1-27-15-18-17-9-5-6-10-19(17)29-21(18)23(26)30-20(16-7-3-2-4-8-16)22(25)24-11-13-28-14-12-24/h2-10,20H,11-15H2,1H3/t20-/m0/s1. The highest BCUT2D eigenvalue weighted by Gasteiger charge is 2.33. The van der Waals surface area contributed by atoms with Crippen LogP contribution in [0.5, 0.6) is 0 Å². The van der Waals surface area contributed by atoms with Gasteiger partial charge >= 0.3 is 5.97 Å². The molecule has 1 saturated heterocycles. The Labute approximate surface area is 174 Å². The van der Waals surface area contributed by atoms with Gasteiger partial charge in [-0.05, 0) is 6.07 Å². The zero-order valence-electron chi connectivity index (χ0n) is 16.7. The molecule has 1 aliphatic heterocycles. The number of furan rings is 1. The predicted octanol–water partition coefficient (Wildman–Crippen LogP) is 3.34. The molecule has 1 aliphatic rings. The van der Waals surface area contributed by atoms with Crippen molar-refractivity contribution in [2.45, 2.75) is 12.7 Å². The topological polar surface area (TPSA) is 78.2 Å². The first-order chi connectivity index (χ1) is 14.7. The third kappa shape index (κ3) is 4.08. The highest BCUT2D eigenvalue weighted by Crippen LogP contribution is 2.29. The maximum atomic E-state index is 13.2. The fraction of sp³-hybridized carbons (Fsp3) is 0.304. The minimum Gasteiger partial charge on any atom is -0.449 e. The van der Waals surface area contributed by atoms with Crippen molar-refractivity contribution < 1.29 is 28.2 Å². The van der Waals surface area contributed by atoms with Gasteiger partial charge in [0.25, 0.3) is 5.91 Å². The molecule has 1 amide bonds. The van der Waals surface area contributed by atoms with Gasteiger partial charge in [-0.2, -0.15) is 0 Å². The summed E-state index contributed by atoms with van der Waals surface area (Å²) in [4.78, 5) is 28.0. The molecule has 0 bridgehead atoms. The number of esters is 1. The summed E-state index contributed by atoms with van der Waals surface area (Å²) in [7, 11) is 1.55. The zero-order chi connectivity index (χ0) is 20.9. The first kappa shape index (κ1) is 20.1. The van der Waals surface area contributed by atoms with Gasteiger partial charge in [-0.1, -0.05) is 48.5 Å². The van der Waals surface area contributed by atoms with Crippen LogP contribution in [0, 0.1) is 0 Å². The number of benzene rings is 2. The molecular weight excluding hydrogens is 386 g/mol. The number of rotatable bonds is 6. The Kier molecular flexibility index (Phi) is 6.11. The van der Waals surface area contributed by atoms with Crippen LogP contribution in [0.3, 0.4) is 0 Å². The van der Waals surface area contributed by atoms with E-state index >= 15 is 0 Å². The number of methoxy groups -OCH3 is 1. The lowest BCUT2D eigenvalue weighted by molar-refractivity contribution is -0.145. The number of morpholine rings is 1. The highest BCUT2D eigenvalue weighted by molar-refractivity contribution is 5.97. The van der Waals surface area contributed by atoms with Crippen LogP contribution in [0.4, 0.5) is 0 Å². The molecule has 2 heterocycles. The Morgan fingerprint density at radius 2 is 1.73 bits per heavy atom. The molecule has 3 aromatic rings. The molecular formula is C23H23NO6. The number of carbonyl (C=O) groups excluding carboxylic acids is 2. The van der Waals surface area contributed by atoms with E-state index in [-0.39, 0.29) is 18.3 Å². The van der Waals surface area contributed by atoms with Crippen molar-refractivity contribution in [3.63, 3.8) is 0 Å². The van der Waals surface area contributed by atoms with Crippen molar-refractivity contribution in [1.29, 1.82) is 0 Å². The molecule has 0 unspecified atom stereocenters. The summed E-state index contributed by atoms with van der Waals surface area (Å²) in [6.45, 7) is 2.03. The minimum absolute atomic E-state index is 0.0498. The number of hydrogen-bond donors (Lipinski definition) is 0. The molecule has 0 N–H and O–H groups in total. The molecule has 156 valence electrons. The van der Waals surface area contributed by atoms with E-state index in [0.717, 1.165) is 5.39 Å². The molecule has 0 aliphatic carbocycles.